The van der Waals surface area contributed by atoms with Gasteiger partial charge < -0.3 is 10.4 Å². The van der Waals surface area contributed by atoms with Crippen molar-refractivity contribution in [3.63, 3.8) is 0 Å². The molecule has 0 aromatic carbocycles. The zero-order valence-electron chi connectivity index (χ0n) is 19.8. The number of hydrogen-bond acceptors (Lipinski definition) is 2. The van der Waals surface area contributed by atoms with E-state index in [1.807, 2.05) is 0 Å². The maximum absolute atomic E-state index is 9.56. The highest BCUT2D eigenvalue weighted by molar-refractivity contribution is 4.65. The first-order chi connectivity index (χ1) is 13.8. The van der Waals surface area contributed by atoms with Crippen molar-refractivity contribution in [3.05, 3.63) is 0 Å². The van der Waals surface area contributed by atoms with Gasteiger partial charge >= 0.3 is 0 Å². The van der Waals surface area contributed by atoms with Gasteiger partial charge in [0.05, 0.1) is 6.61 Å². The van der Waals surface area contributed by atoms with Crippen molar-refractivity contribution < 1.29 is 5.11 Å². The van der Waals surface area contributed by atoms with Crippen molar-refractivity contribution in [3.8, 4) is 0 Å². The van der Waals surface area contributed by atoms with Crippen LogP contribution in [0.25, 0.3) is 0 Å². The predicted molar refractivity (Wildman–Crippen MR) is 127 cm³/mol. The molecule has 1 atom stereocenters. The molecule has 2 N–H and O–H groups in total. The van der Waals surface area contributed by atoms with E-state index in [9.17, 15) is 5.11 Å². The van der Waals surface area contributed by atoms with E-state index in [4.69, 9.17) is 0 Å². The van der Waals surface area contributed by atoms with E-state index in [2.05, 4.69) is 19.2 Å². The van der Waals surface area contributed by atoms with Crippen LogP contribution in [0.5, 0.6) is 0 Å². The molecule has 0 amide bonds. The SMILES string of the molecule is CCCCCCCCCCCCCCC(CO)NCCCCCCCCCC. The molecule has 1 unspecified atom stereocenters. The molecule has 0 aromatic heterocycles. The molecule has 0 aliphatic rings. The van der Waals surface area contributed by atoms with E-state index in [1.165, 1.54) is 128 Å². The molecule has 0 fully saturated rings. The second-order valence-corrected chi connectivity index (χ2v) is 8.99. The zero-order chi connectivity index (χ0) is 20.5. The van der Waals surface area contributed by atoms with E-state index in [1.54, 1.807) is 0 Å². The lowest BCUT2D eigenvalue weighted by Gasteiger charge is -2.16. The van der Waals surface area contributed by atoms with Crippen LogP contribution in [0.1, 0.15) is 149 Å². The second-order valence-electron chi connectivity index (χ2n) is 8.99. The van der Waals surface area contributed by atoms with E-state index < -0.39 is 0 Å². The summed E-state index contributed by atoms with van der Waals surface area (Å²) in [5, 5.41) is 13.1. The summed E-state index contributed by atoms with van der Waals surface area (Å²) in [5.41, 5.74) is 0. The highest BCUT2D eigenvalue weighted by atomic mass is 16.3. The lowest BCUT2D eigenvalue weighted by Crippen LogP contribution is -2.33. The fourth-order valence-corrected chi connectivity index (χ4v) is 4.05. The highest BCUT2D eigenvalue weighted by Crippen LogP contribution is 2.13. The number of unbranched alkanes of at least 4 members (excludes halogenated alkanes) is 18. The molecule has 0 saturated heterocycles. The Labute approximate surface area is 178 Å². The maximum Gasteiger partial charge on any atom is 0.0584 e. The minimum atomic E-state index is 0.301. The van der Waals surface area contributed by atoms with E-state index in [-0.39, 0.29) is 0 Å². The van der Waals surface area contributed by atoms with E-state index in [0.717, 1.165) is 13.0 Å². The smallest absolute Gasteiger partial charge is 0.0584 e. The molecule has 28 heavy (non-hydrogen) atoms. The van der Waals surface area contributed by atoms with Gasteiger partial charge in [-0.2, -0.15) is 0 Å². The third kappa shape index (κ3) is 22.2. The minimum Gasteiger partial charge on any atom is -0.395 e. The molecule has 0 aliphatic carbocycles. The Bertz CT molecular complexity index is 269. The molecule has 0 spiro atoms. The van der Waals surface area contributed by atoms with Crippen molar-refractivity contribution in [1.82, 2.24) is 5.32 Å². The molecule has 0 aliphatic heterocycles. The normalized spacial score (nSPS) is 12.5. The number of rotatable bonds is 24. The first-order valence-corrected chi connectivity index (χ1v) is 13.2. The van der Waals surface area contributed by atoms with Gasteiger partial charge in [-0.25, -0.2) is 0 Å². The molecule has 2 heteroatoms. The summed E-state index contributed by atoms with van der Waals surface area (Å²) in [7, 11) is 0. The summed E-state index contributed by atoms with van der Waals surface area (Å²) in [5.74, 6) is 0. The average molecular weight is 398 g/mol. The van der Waals surface area contributed by atoms with Crippen molar-refractivity contribution in [2.24, 2.45) is 0 Å². The first-order valence-electron chi connectivity index (χ1n) is 13.2. The van der Waals surface area contributed by atoms with Crippen molar-refractivity contribution in [2.75, 3.05) is 13.2 Å². The van der Waals surface area contributed by atoms with Gasteiger partial charge in [0, 0.05) is 6.04 Å². The van der Waals surface area contributed by atoms with Crippen LogP contribution in [-0.4, -0.2) is 24.3 Å². The summed E-state index contributed by atoms with van der Waals surface area (Å²) in [6, 6.07) is 0.327. The lowest BCUT2D eigenvalue weighted by atomic mass is 10.0. The Morgan fingerprint density at radius 1 is 0.500 bits per heavy atom. The van der Waals surface area contributed by atoms with Gasteiger partial charge in [0.1, 0.15) is 0 Å². The van der Waals surface area contributed by atoms with Gasteiger partial charge in [-0.1, -0.05) is 136 Å². The summed E-state index contributed by atoms with van der Waals surface area (Å²) in [4.78, 5) is 0. The van der Waals surface area contributed by atoms with Crippen LogP contribution in [0.4, 0.5) is 0 Å². The standard InChI is InChI=1S/C26H55NO/c1-3-5-7-9-11-13-14-15-16-17-19-21-23-26(25-28)27-24-22-20-18-12-10-8-6-4-2/h26-28H,3-25H2,1-2H3. The molecular weight excluding hydrogens is 342 g/mol. The van der Waals surface area contributed by atoms with Gasteiger partial charge in [0.15, 0.2) is 0 Å². The summed E-state index contributed by atoms with van der Waals surface area (Å²) in [6.07, 6.45) is 28.9. The van der Waals surface area contributed by atoms with Crippen molar-refractivity contribution in [2.45, 2.75) is 155 Å². The molecule has 0 saturated carbocycles. The lowest BCUT2D eigenvalue weighted by molar-refractivity contribution is 0.232. The molecule has 0 aromatic rings. The Morgan fingerprint density at radius 2 is 0.857 bits per heavy atom. The molecular formula is C26H55NO. The Balaban J connectivity index is 3.27. The monoisotopic (exact) mass is 397 g/mol. The van der Waals surface area contributed by atoms with E-state index in [0.29, 0.717) is 12.6 Å². The van der Waals surface area contributed by atoms with Gasteiger partial charge in [-0.15, -0.1) is 0 Å². The Kier molecular flexibility index (Phi) is 24.9. The number of hydrogen-bond donors (Lipinski definition) is 2. The number of aliphatic hydroxyl groups excluding tert-OH is 1. The molecule has 170 valence electrons. The Morgan fingerprint density at radius 3 is 1.25 bits per heavy atom. The minimum absolute atomic E-state index is 0.301. The fraction of sp³-hybridized carbons (Fsp3) is 1.00. The highest BCUT2D eigenvalue weighted by Gasteiger charge is 2.05. The van der Waals surface area contributed by atoms with Crippen LogP contribution in [0, 0.1) is 0 Å². The first kappa shape index (κ1) is 27.9. The second kappa shape index (κ2) is 25.0. The molecule has 0 rings (SSSR count). The zero-order valence-corrected chi connectivity index (χ0v) is 19.8. The molecule has 0 heterocycles. The number of nitrogens with one attached hydrogen (secondary N) is 1. The van der Waals surface area contributed by atoms with Crippen molar-refractivity contribution >= 4 is 0 Å². The van der Waals surface area contributed by atoms with Gasteiger partial charge in [0.2, 0.25) is 0 Å². The largest absolute Gasteiger partial charge is 0.395 e. The summed E-state index contributed by atoms with van der Waals surface area (Å²) >= 11 is 0. The molecule has 2 nitrogen and oxygen atoms in total. The summed E-state index contributed by atoms with van der Waals surface area (Å²) < 4.78 is 0. The quantitative estimate of drug-likeness (QED) is 0.161. The third-order valence-corrected chi connectivity index (χ3v) is 6.09. The topological polar surface area (TPSA) is 32.3 Å². The van der Waals surface area contributed by atoms with Crippen LogP contribution < -0.4 is 5.32 Å². The van der Waals surface area contributed by atoms with Crippen LogP contribution >= 0.6 is 0 Å². The Hall–Kier alpha value is -0.0800. The fourth-order valence-electron chi connectivity index (χ4n) is 4.05. The van der Waals surface area contributed by atoms with E-state index >= 15 is 0 Å². The van der Waals surface area contributed by atoms with Crippen LogP contribution in [0.3, 0.4) is 0 Å². The van der Waals surface area contributed by atoms with Gasteiger partial charge in [-0.05, 0) is 19.4 Å². The average Bonchev–Trinajstić information content (AvgIpc) is 2.71. The summed E-state index contributed by atoms with van der Waals surface area (Å²) in [6.45, 7) is 5.95. The predicted octanol–water partition coefficient (Wildman–Crippen LogP) is 8.17. The van der Waals surface area contributed by atoms with Gasteiger partial charge in [0.25, 0.3) is 0 Å². The van der Waals surface area contributed by atoms with Crippen LogP contribution in [-0.2, 0) is 0 Å². The maximum atomic E-state index is 9.56. The van der Waals surface area contributed by atoms with Crippen molar-refractivity contribution in [1.29, 1.82) is 0 Å². The van der Waals surface area contributed by atoms with Crippen LogP contribution in [0.2, 0.25) is 0 Å². The van der Waals surface area contributed by atoms with Gasteiger partial charge in [-0.3, -0.25) is 0 Å². The molecule has 0 bridgehead atoms. The molecule has 0 radical (unpaired) electrons. The third-order valence-electron chi connectivity index (χ3n) is 6.09. The van der Waals surface area contributed by atoms with Crippen LogP contribution in [0.15, 0.2) is 0 Å². The number of aliphatic hydroxyl groups is 1.